The average molecular weight is 880 g/mol. The molecule has 0 spiro atoms. The fourth-order valence-corrected chi connectivity index (χ4v) is 74.3. The lowest BCUT2D eigenvalue weighted by molar-refractivity contribution is -0.279. The number of aliphatic hydroxyl groups is 4. The van der Waals surface area contributed by atoms with E-state index in [1.165, 1.54) is 6.92 Å². The van der Waals surface area contributed by atoms with E-state index < -0.39 is 111 Å². The predicted octanol–water partition coefficient (Wildman–Crippen LogP) is 7.47. The number of carbonyl (C=O) groups excluding carboxylic acids is 3. The second-order valence-electron chi connectivity index (χ2n) is 14.0. The minimum absolute atomic E-state index is 0.0436. The molecule has 3 aliphatic rings. The molecule has 50 heavy (non-hydrogen) atoms. The highest BCUT2D eigenvalue weighted by molar-refractivity contribution is 9.10. The van der Waals surface area contributed by atoms with E-state index in [0.29, 0.717) is 19.1 Å². The highest BCUT2D eigenvalue weighted by Gasteiger charge is 2.75. The fraction of sp³-hybridized carbons (Fsp3) is 0.633. The third kappa shape index (κ3) is 7.69. The average Bonchev–Trinajstić information content (AvgIpc) is 3.04. The van der Waals surface area contributed by atoms with Gasteiger partial charge in [0, 0.05) is 31.7 Å². The minimum atomic E-state index is -2.12. The Morgan fingerprint density at radius 3 is 2.16 bits per heavy atom. The molecule has 17 atom stereocenters. The van der Waals surface area contributed by atoms with Gasteiger partial charge in [0.05, 0.1) is 43.2 Å². The molecular weight excluding hydrogens is 830 g/mol. The van der Waals surface area contributed by atoms with Gasteiger partial charge in [0.2, 0.25) is 0 Å². The zero-order chi connectivity index (χ0) is 37.7. The topological polar surface area (TPSA) is 160 Å². The molecule has 0 radical (unpaired) electrons. The van der Waals surface area contributed by atoms with Gasteiger partial charge in [-0.1, -0.05) is 46.9 Å². The zero-order valence-electron chi connectivity index (χ0n) is 28.9. The first-order chi connectivity index (χ1) is 23.2. The van der Waals surface area contributed by atoms with Gasteiger partial charge in [-0.05, 0) is 57.5 Å². The Kier molecular flexibility index (Phi) is 15.1. The lowest BCUT2D eigenvalue weighted by Gasteiger charge is -2.65. The Hall–Kier alpha value is 1.67. The number of hydrogen-bond acceptors (Lipinski definition) is 10. The van der Waals surface area contributed by atoms with E-state index in [4.69, 9.17) is 14.0 Å². The van der Waals surface area contributed by atoms with Crippen LogP contribution >= 0.6 is 81.1 Å². The molecule has 0 aliphatic heterocycles. The summed E-state index contributed by atoms with van der Waals surface area (Å²) in [5.74, 6) is -4.36. The van der Waals surface area contributed by atoms with Crippen LogP contribution in [0, 0.1) is 22.7 Å². The Morgan fingerprint density at radius 2 is 1.66 bits per heavy atom. The SMILES string of the molecule is CC(=O)O[C@@]1(CO)[C@H](C)C[C@H](O)[C@@]2(C)C(=O)[C@H](OP(P(P)P)P(PP)P(P)P)C3=C(C)[C@@H](O)C[C@@](O)([C@@H](OC(=O)c4ccccc4)[C@H]12)C3(C)C. The lowest BCUT2D eigenvalue weighted by Crippen LogP contribution is -2.77. The molecule has 20 heteroatoms. The molecule has 0 aromatic heterocycles. The molecule has 4 rings (SSSR count). The second kappa shape index (κ2) is 17.0. The van der Waals surface area contributed by atoms with E-state index in [0.717, 1.165) is 0 Å². The molecule has 8 unspecified atom stereocenters. The van der Waals surface area contributed by atoms with Crippen molar-refractivity contribution in [2.24, 2.45) is 22.7 Å². The van der Waals surface area contributed by atoms with Gasteiger partial charge in [-0.2, -0.15) is 0 Å². The molecule has 280 valence electrons. The summed E-state index contributed by atoms with van der Waals surface area (Å²) in [5.41, 5.74) is -6.29. The quantitative estimate of drug-likeness (QED) is 0.106. The minimum Gasteiger partial charge on any atom is -0.456 e. The first-order valence-corrected chi connectivity index (χ1v) is 33.4. The molecule has 1 aromatic rings. The van der Waals surface area contributed by atoms with E-state index >= 15 is 4.79 Å². The van der Waals surface area contributed by atoms with Crippen molar-refractivity contribution in [2.75, 3.05) is 6.61 Å². The fourth-order valence-electron chi connectivity index (χ4n) is 8.23. The summed E-state index contributed by atoms with van der Waals surface area (Å²) < 4.78 is 19.5. The Morgan fingerprint density at radius 1 is 1.06 bits per heavy atom. The van der Waals surface area contributed by atoms with Crippen molar-refractivity contribution in [3.05, 3.63) is 47.0 Å². The normalized spacial score (nSPS) is 36.9. The van der Waals surface area contributed by atoms with Crippen molar-refractivity contribution in [2.45, 2.75) is 90.0 Å². The number of ether oxygens (including phenoxy) is 2. The molecule has 1 aromatic carbocycles. The Balaban J connectivity index is 2.14. The van der Waals surface area contributed by atoms with Crippen molar-refractivity contribution in [1.29, 1.82) is 0 Å². The standard InChI is InChI=1S/C30H50O10P10/c1-15-12-20(34)28(6)23(29(15,14-31)39-17(3)32)25(38-26(36)18-10-8-7-9-11-18)30(37)13-19(33)16(2)21(27(30,4)5)22(24(28)35)40-47(48(42)43)50(46-41)49(44)45/h7-11,15,19-20,22-23,25,31,33-34,37,46H,12-14,41-45H2,1-6H3/t15-,19+,20+,22-,23+,25+,28-,29+,30-,47?,50?/m1/s1. The second-order valence-corrected chi connectivity index (χ2v) is 48.4. The van der Waals surface area contributed by atoms with E-state index in [1.807, 2.05) is 0 Å². The van der Waals surface area contributed by atoms with Crippen LogP contribution in [0.15, 0.2) is 41.5 Å². The van der Waals surface area contributed by atoms with Crippen LogP contribution in [0.2, 0.25) is 0 Å². The lowest BCUT2D eigenvalue weighted by atomic mass is 9.44. The van der Waals surface area contributed by atoms with Crippen LogP contribution in [0.5, 0.6) is 0 Å². The van der Waals surface area contributed by atoms with Crippen LogP contribution < -0.4 is 0 Å². The summed E-state index contributed by atoms with van der Waals surface area (Å²) in [6.07, 6.45) is -5.98. The highest BCUT2D eigenvalue weighted by Crippen LogP contribution is 3.09. The van der Waals surface area contributed by atoms with E-state index in [-0.39, 0.29) is 18.4 Å². The zero-order valence-corrected chi connectivity index (χ0v) is 39.2. The van der Waals surface area contributed by atoms with Crippen LogP contribution in [0.25, 0.3) is 0 Å². The van der Waals surface area contributed by atoms with Crippen molar-refractivity contribution in [1.82, 2.24) is 0 Å². The first-order valence-electron chi connectivity index (χ1n) is 15.9. The predicted molar refractivity (Wildman–Crippen MR) is 225 cm³/mol. The number of Topliss-reactive ketones (excluding diaryl/α,β-unsaturated/α-hetero) is 1. The molecule has 2 fully saturated rings. The number of rotatable bonds is 10. The summed E-state index contributed by atoms with van der Waals surface area (Å²) in [6, 6.07) is 8.15. The maximum atomic E-state index is 15.7. The van der Waals surface area contributed by atoms with Crippen molar-refractivity contribution < 1.29 is 48.8 Å². The molecule has 0 amide bonds. The van der Waals surface area contributed by atoms with Crippen molar-refractivity contribution >= 4 is 98.8 Å². The number of esters is 2. The van der Waals surface area contributed by atoms with Gasteiger partial charge in [-0.15, -0.1) is 44.6 Å². The molecule has 0 heterocycles. The molecule has 4 N–H and O–H groups in total. The van der Waals surface area contributed by atoms with Gasteiger partial charge in [0.15, 0.2) is 5.78 Å². The van der Waals surface area contributed by atoms with Crippen LogP contribution in [0.1, 0.15) is 64.7 Å². The van der Waals surface area contributed by atoms with Gasteiger partial charge in [-0.25, -0.2) is 4.79 Å². The Labute approximate surface area is 312 Å². The van der Waals surface area contributed by atoms with Gasteiger partial charge in [0.25, 0.3) is 0 Å². The van der Waals surface area contributed by atoms with E-state index in [2.05, 4.69) is 44.6 Å². The third-order valence-corrected chi connectivity index (χ3v) is 58.2. The van der Waals surface area contributed by atoms with Crippen LogP contribution in [0.4, 0.5) is 0 Å². The number of ketones is 1. The van der Waals surface area contributed by atoms with Gasteiger partial charge in [-0.3, -0.25) is 9.59 Å². The molecular formula is C30H50O10P10. The van der Waals surface area contributed by atoms with Gasteiger partial charge < -0.3 is 34.4 Å². The maximum absolute atomic E-state index is 15.7. The molecule has 3 aliphatic carbocycles. The summed E-state index contributed by atoms with van der Waals surface area (Å²) in [5, 5.41) is 48.5. The van der Waals surface area contributed by atoms with Crippen molar-refractivity contribution in [3.63, 3.8) is 0 Å². The highest BCUT2D eigenvalue weighted by atomic mass is 33.1. The molecule has 0 saturated heterocycles. The Bertz CT molecular complexity index is 1480. The van der Waals surface area contributed by atoms with Gasteiger partial charge >= 0.3 is 11.9 Å². The monoisotopic (exact) mass is 880 g/mol. The molecule has 10 nitrogen and oxygen atoms in total. The van der Waals surface area contributed by atoms with E-state index in [1.54, 1.807) is 65.0 Å². The molecule has 2 saturated carbocycles. The summed E-state index contributed by atoms with van der Waals surface area (Å²) >= 11 is 0. The third-order valence-electron chi connectivity index (χ3n) is 11.0. The molecule has 2 bridgehead atoms. The maximum Gasteiger partial charge on any atom is 0.338 e. The smallest absolute Gasteiger partial charge is 0.338 e. The number of hydrogen-bond donors (Lipinski definition) is 4. The number of fused-ring (bicyclic) bond motifs is 3. The van der Waals surface area contributed by atoms with Crippen LogP contribution in [-0.2, 0) is 23.6 Å². The van der Waals surface area contributed by atoms with Gasteiger partial charge in [0.1, 0.15) is 23.4 Å². The van der Waals surface area contributed by atoms with Crippen LogP contribution in [-0.4, -0.2) is 80.4 Å². The van der Waals surface area contributed by atoms with Crippen LogP contribution in [0.3, 0.4) is 0 Å². The first kappa shape index (κ1) is 44.4. The number of carbonyl (C=O) groups is 3. The summed E-state index contributed by atoms with van der Waals surface area (Å²) in [7, 11) is 13.5. The number of benzene rings is 1. The number of aliphatic hydroxyl groups excluding tert-OH is 3. The summed E-state index contributed by atoms with van der Waals surface area (Å²) in [6.45, 7) is 6.62. The largest absolute Gasteiger partial charge is 0.456 e. The summed E-state index contributed by atoms with van der Waals surface area (Å²) in [4.78, 5) is 42.6. The van der Waals surface area contributed by atoms with Crippen molar-refractivity contribution in [3.8, 4) is 0 Å². The van der Waals surface area contributed by atoms with E-state index in [9.17, 15) is 30.0 Å².